The number of benzene rings is 2. The van der Waals surface area contributed by atoms with Gasteiger partial charge in [-0.1, -0.05) is 29.8 Å². The lowest BCUT2D eigenvalue weighted by molar-refractivity contribution is 0.314. The lowest BCUT2D eigenvalue weighted by Crippen LogP contribution is -2.03. The fraction of sp³-hybridized carbons (Fsp3) is 0.0556. The van der Waals surface area contributed by atoms with Gasteiger partial charge in [-0.3, -0.25) is 5.43 Å². The van der Waals surface area contributed by atoms with E-state index in [2.05, 4.69) is 58.7 Å². The van der Waals surface area contributed by atoms with E-state index >= 15 is 0 Å². The Morgan fingerprint density at radius 3 is 2.30 bits per heavy atom. The molecule has 134 valence electrons. The second-order valence-corrected chi connectivity index (χ2v) is 6.99. The molecule has 0 aliphatic rings. The molecule has 0 aliphatic heterocycles. The number of aryl methyl sites for hydroxylation is 1. The summed E-state index contributed by atoms with van der Waals surface area (Å²) >= 11 is 2.25. The topological polar surface area (TPSA) is 101 Å². The van der Waals surface area contributed by atoms with Gasteiger partial charge in [-0.05, 0) is 69.7 Å². The van der Waals surface area contributed by atoms with E-state index in [1.807, 2.05) is 55.5 Å². The highest BCUT2D eigenvalue weighted by Gasteiger charge is 2.12. The van der Waals surface area contributed by atoms with E-state index in [0.717, 1.165) is 14.8 Å². The predicted octanol–water partition coefficient (Wildman–Crippen LogP) is 4.12. The van der Waals surface area contributed by atoms with Crippen molar-refractivity contribution < 1.29 is 4.63 Å². The van der Waals surface area contributed by atoms with Gasteiger partial charge in [0, 0.05) is 9.26 Å². The average Bonchev–Trinajstić information content (AvgIpc) is 3.12. The first-order chi connectivity index (χ1) is 13.2. The molecule has 4 rings (SSSR count). The van der Waals surface area contributed by atoms with Crippen LogP contribution < -0.4 is 10.7 Å². The molecule has 2 aromatic heterocycles. The number of hydrogen-bond donors (Lipinski definition) is 2. The summed E-state index contributed by atoms with van der Waals surface area (Å²) in [6.45, 7) is 2.04. The zero-order valence-corrected chi connectivity index (χ0v) is 16.4. The van der Waals surface area contributed by atoms with Gasteiger partial charge in [0.2, 0.25) is 11.3 Å². The molecule has 2 N–H and O–H groups in total. The fourth-order valence-corrected chi connectivity index (χ4v) is 2.65. The molecule has 0 saturated carbocycles. The van der Waals surface area contributed by atoms with Crippen LogP contribution in [0.3, 0.4) is 0 Å². The van der Waals surface area contributed by atoms with E-state index in [4.69, 9.17) is 4.63 Å². The molecule has 0 aliphatic carbocycles. The lowest BCUT2D eigenvalue weighted by Gasteiger charge is -2.09. The Kier molecular flexibility index (Phi) is 4.92. The molecule has 2 heterocycles. The van der Waals surface area contributed by atoms with Gasteiger partial charge in [-0.15, -0.1) is 0 Å². The van der Waals surface area contributed by atoms with Gasteiger partial charge in [-0.25, -0.2) is 9.61 Å². The summed E-state index contributed by atoms with van der Waals surface area (Å²) in [5, 5.41) is 14.9. The Bertz CT molecular complexity index is 1090. The normalized spacial score (nSPS) is 11.2. The van der Waals surface area contributed by atoms with Crippen molar-refractivity contribution in [2.75, 3.05) is 10.7 Å². The van der Waals surface area contributed by atoms with Crippen LogP contribution in [0.5, 0.6) is 0 Å². The Hall–Kier alpha value is -3.08. The first-order valence-corrected chi connectivity index (χ1v) is 9.14. The van der Waals surface area contributed by atoms with Gasteiger partial charge in [0.25, 0.3) is 0 Å². The highest BCUT2D eigenvalue weighted by Crippen LogP contribution is 2.24. The van der Waals surface area contributed by atoms with Gasteiger partial charge < -0.3 is 5.32 Å². The zero-order chi connectivity index (χ0) is 18.6. The third-order valence-corrected chi connectivity index (χ3v) is 4.40. The summed E-state index contributed by atoms with van der Waals surface area (Å²) in [7, 11) is 0. The molecular formula is C18H14IN7O. The van der Waals surface area contributed by atoms with E-state index < -0.39 is 0 Å². The highest BCUT2D eigenvalue weighted by molar-refractivity contribution is 14.1. The van der Waals surface area contributed by atoms with Crippen LogP contribution in [0.2, 0.25) is 0 Å². The van der Waals surface area contributed by atoms with Crippen LogP contribution in [0.4, 0.5) is 17.3 Å². The van der Waals surface area contributed by atoms with Crippen molar-refractivity contribution in [3.8, 4) is 0 Å². The second-order valence-electron chi connectivity index (χ2n) is 5.74. The average molecular weight is 471 g/mol. The molecule has 0 atom stereocenters. The fourth-order valence-electron chi connectivity index (χ4n) is 2.29. The first-order valence-electron chi connectivity index (χ1n) is 8.06. The number of anilines is 3. The molecule has 9 heteroatoms. The zero-order valence-electron chi connectivity index (χ0n) is 14.2. The summed E-state index contributed by atoms with van der Waals surface area (Å²) in [6.07, 6.45) is 1.71. The van der Waals surface area contributed by atoms with E-state index in [9.17, 15) is 0 Å². The summed E-state index contributed by atoms with van der Waals surface area (Å²) in [4.78, 5) is 8.79. The summed E-state index contributed by atoms with van der Waals surface area (Å²) < 4.78 is 5.85. The van der Waals surface area contributed by atoms with Gasteiger partial charge >= 0.3 is 0 Å². The largest absolute Gasteiger partial charge is 0.337 e. The van der Waals surface area contributed by atoms with Gasteiger partial charge in [-0.2, -0.15) is 10.1 Å². The Balaban J connectivity index is 1.61. The quantitative estimate of drug-likeness (QED) is 0.257. The number of hydrogen-bond acceptors (Lipinski definition) is 8. The van der Waals surface area contributed by atoms with E-state index in [-0.39, 0.29) is 0 Å². The second kappa shape index (κ2) is 7.66. The number of nitrogens with zero attached hydrogens (tertiary/aromatic N) is 5. The van der Waals surface area contributed by atoms with Crippen molar-refractivity contribution >= 4 is 57.4 Å². The monoisotopic (exact) mass is 471 g/mol. The molecule has 0 bridgehead atoms. The minimum absolute atomic E-state index is 0.302. The molecule has 0 saturated heterocycles. The maximum atomic E-state index is 4.71. The molecule has 2 aromatic carbocycles. The van der Waals surface area contributed by atoms with E-state index in [0.29, 0.717) is 22.9 Å². The molecule has 0 unspecified atom stereocenters. The van der Waals surface area contributed by atoms with Gasteiger partial charge in [0.05, 0.1) is 6.21 Å². The van der Waals surface area contributed by atoms with Gasteiger partial charge in [0.1, 0.15) is 0 Å². The number of rotatable bonds is 5. The summed E-state index contributed by atoms with van der Waals surface area (Å²) in [6, 6.07) is 15.9. The van der Waals surface area contributed by atoms with Crippen molar-refractivity contribution in [1.82, 2.24) is 20.3 Å². The first kappa shape index (κ1) is 17.3. The summed E-state index contributed by atoms with van der Waals surface area (Å²) in [5.41, 5.74) is 6.56. The number of halogens is 1. The minimum Gasteiger partial charge on any atom is -0.337 e. The Morgan fingerprint density at radius 1 is 0.926 bits per heavy atom. The number of hydrazone groups is 1. The Labute approximate surface area is 168 Å². The minimum atomic E-state index is 0.302. The van der Waals surface area contributed by atoms with Crippen LogP contribution in [0.25, 0.3) is 11.3 Å². The third-order valence-electron chi connectivity index (χ3n) is 3.68. The van der Waals surface area contributed by atoms with Crippen LogP contribution >= 0.6 is 22.6 Å². The predicted molar refractivity (Wildman–Crippen MR) is 112 cm³/mol. The molecule has 27 heavy (non-hydrogen) atoms. The third kappa shape index (κ3) is 4.19. The molecule has 0 spiro atoms. The maximum Gasteiger partial charge on any atom is 0.245 e. The van der Waals surface area contributed by atoms with Crippen LogP contribution in [-0.2, 0) is 0 Å². The van der Waals surface area contributed by atoms with Crippen molar-refractivity contribution in [1.29, 1.82) is 0 Å². The molecular weight excluding hydrogens is 457 g/mol. The molecule has 0 amide bonds. The Morgan fingerprint density at radius 2 is 1.59 bits per heavy atom. The van der Waals surface area contributed by atoms with E-state index in [1.54, 1.807) is 6.21 Å². The van der Waals surface area contributed by atoms with E-state index in [1.165, 1.54) is 5.56 Å². The van der Waals surface area contributed by atoms with Crippen LogP contribution in [0.15, 0.2) is 58.3 Å². The molecule has 8 nitrogen and oxygen atoms in total. The number of aromatic nitrogens is 4. The van der Waals surface area contributed by atoms with Crippen LogP contribution in [0, 0.1) is 10.5 Å². The summed E-state index contributed by atoms with van der Waals surface area (Å²) in [5.74, 6) is 0.889. The number of nitrogens with one attached hydrogen (secondary N) is 2. The molecule has 4 aromatic rings. The van der Waals surface area contributed by atoms with Gasteiger partial charge in [0.15, 0.2) is 11.6 Å². The SMILES string of the molecule is Cc1ccc(/C=N\Nc2nc3nonc3nc2Nc2ccc(I)cc2)cc1. The lowest BCUT2D eigenvalue weighted by atomic mass is 10.2. The maximum absolute atomic E-state index is 4.71. The standard InChI is InChI=1S/C18H14IN7O/c1-11-2-4-12(5-3-11)10-20-24-16-15(21-14-8-6-13(19)7-9-14)22-17-18(23-16)26-27-25-17/h2-10H,1H3,(H,21,22,25)(H,23,24,26)/b20-10-. The van der Waals surface area contributed by atoms with Crippen molar-refractivity contribution in [2.24, 2.45) is 5.10 Å². The van der Waals surface area contributed by atoms with Crippen molar-refractivity contribution in [2.45, 2.75) is 6.92 Å². The van der Waals surface area contributed by atoms with Crippen LogP contribution in [-0.4, -0.2) is 26.5 Å². The molecule has 0 radical (unpaired) electrons. The molecule has 0 fully saturated rings. The smallest absolute Gasteiger partial charge is 0.245 e. The number of fused-ring (bicyclic) bond motifs is 1. The van der Waals surface area contributed by atoms with Crippen molar-refractivity contribution in [3.63, 3.8) is 0 Å². The highest BCUT2D eigenvalue weighted by atomic mass is 127. The van der Waals surface area contributed by atoms with Crippen molar-refractivity contribution in [3.05, 3.63) is 63.2 Å². The van der Waals surface area contributed by atoms with Crippen LogP contribution in [0.1, 0.15) is 11.1 Å².